The van der Waals surface area contributed by atoms with Crippen molar-refractivity contribution in [2.24, 2.45) is 0 Å². The number of fused-ring (bicyclic) bond motifs is 1. The van der Waals surface area contributed by atoms with Gasteiger partial charge in [-0.05, 0) is 42.2 Å². The number of aromatic hydroxyl groups is 1. The standard InChI is InChI=1S/C17H13Cl2F3N2O3/c18-8-5-11-9(12(19)6-8)1-2-13(11)23-15(26)10-3-4-24(7-17(20,21)22)16(27)14(10)25/h3-6,13,25H,1-2,7H2,(H,23,26). The number of nitrogens with zero attached hydrogens (tertiary/aromatic N) is 1. The molecule has 0 saturated heterocycles. The Hall–Kier alpha value is -2.19. The molecule has 1 heterocycles. The second kappa shape index (κ2) is 7.09. The zero-order valence-corrected chi connectivity index (χ0v) is 15.1. The van der Waals surface area contributed by atoms with Gasteiger partial charge in [-0.15, -0.1) is 0 Å². The number of aromatic nitrogens is 1. The smallest absolute Gasteiger partial charge is 0.406 e. The van der Waals surface area contributed by atoms with Gasteiger partial charge in [-0.2, -0.15) is 13.2 Å². The van der Waals surface area contributed by atoms with E-state index in [0.29, 0.717) is 22.9 Å². The van der Waals surface area contributed by atoms with Crippen molar-refractivity contribution in [3.63, 3.8) is 0 Å². The third-order valence-electron chi connectivity index (χ3n) is 4.29. The van der Waals surface area contributed by atoms with Gasteiger partial charge >= 0.3 is 6.18 Å². The number of amides is 1. The van der Waals surface area contributed by atoms with Crippen LogP contribution in [0.15, 0.2) is 29.2 Å². The van der Waals surface area contributed by atoms with Crippen molar-refractivity contribution < 1.29 is 23.1 Å². The molecule has 1 aromatic heterocycles. The van der Waals surface area contributed by atoms with Crippen LogP contribution in [-0.4, -0.2) is 21.8 Å². The summed E-state index contributed by atoms with van der Waals surface area (Å²) in [6.45, 7) is -1.56. The predicted octanol–water partition coefficient (Wildman–Crippen LogP) is 3.84. The van der Waals surface area contributed by atoms with Crippen molar-refractivity contribution in [2.75, 3.05) is 0 Å². The largest absolute Gasteiger partial charge is 0.502 e. The van der Waals surface area contributed by atoms with Crippen molar-refractivity contribution in [3.05, 3.63) is 61.5 Å². The van der Waals surface area contributed by atoms with Crippen molar-refractivity contribution in [1.82, 2.24) is 9.88 Å². The summed E-state index contributed by atoms with van der Waals surface area (Å²) in [5.74, 6) is -1.82. The quantitative estimate of drug-likeness (QED) is 0.792. The Kier molecular flexibility index (Phi) is 5.14. The Morgan fingerprint density at radius 1 is 1.33 bits per heavy atom. The highest BCUT2D eigenvalue weighted by molar-refractivity contribution is 6.35. The van der Waals surface area contributed by atoms with Crippen molar-refractivity contribution >= 4 is 29.1 Å². The predicted molar refractivity (Wildman–Crippen MR) is 93.4 cm³/mol. The fraction of sp³-hybridized carbons (Fsp3) is 0.294. The highest BCUT2D eigenvalue weighted by Gasteiger charge is 2.31. The normalized spacial score (nSPS) is 16.3. The number of carbonyl (C=O) groups is 1. The molecule has 2 aromatic rings. The molecule has 1 unspecified atom stereocenters. The number of hydrogen-bond donors (Lipinski definition) is 2. The van der Waals surface area contributed by atoms with Crippen LogP contribution >= 0.6 is 23.2 Å². The summed E-state index contributed by atoms with van der Waals surface area (Å²) < 4.78 is 37.6. The SMILES string of the molecule is O=C(NC1CCc2c(Cl)cc(Cl)cc21)c1ccn(CC(F)(F)F)c(=O)c1O. The van der Waals surface area contributed by atoms with Crippen LogP contribution in [0.3, 0.4) is 0 Å². The lowest BCUT2D eigenvalue weighted by atomic mass is 10.1. The second-order valence-corrected chi connectivity index (χ2v) is 6.99. The molecule has 3 rings (SSSR count). The van der Waals surface area contributed by atoms with E-state index >= 15 is 0 Å². The molecule has 1 aliphatic rings. The highest BCUT2D eigenvalue weighted by Crippen LogP contribution is 2.38. The molecule has 0 bridgehead atoms. The van der Waals surface area contributed by atoms with E-state index in [9.17, 15) is 27.9 Å². The van der Waals surface area contributed by atoms with Crippen molar-refractivity contribution in [2.45, 2.75) is 31.6 Å². The van der Waals surface area contributed by atoms with Crippen LogP contribution < -0.4 is 10.9 Å². The summed E-state index contributed by atoms with van der Waals surface area (Å²) in [5.41, 5.74) is -0.125. The van der Waals surface area contributed by atoms with E-state index in [1.165, 1.54) is 0 Å². The van der Waals surface area contributed by atoms with Crippen LogP contribution in [0, 0.1) is 0 Å². The lowest BCUT2D eigenvalue weighted by molar-refractivity contribution is -0.141. The van der Waals surface area contributed by atoms with Crippen LogP contribution in [0.1, 0.15) is 33.9 Å². The number of rotatable bonds is 3. The summed E-state index contributed by atoms with van der Waals surface area (Å²) in [7, 11) is 0. The van der Waals surface area contributed by atoms with Gasteiger partial charge in [0.05, 0.1) is 11.6 Å². The lowest BCUT2D eigenvalue weighted by Gasteiger charge is -2.16. The molecular formula is C17H13Cl2F3N2O3. The molecule has 1 atom stereocenters. The van der Waals surface area contributed by atoms with Crippen LogP contribution in [0.4, 0.5) is 13.2 Å². The Morgan fingerprint density at radius 2 is 2.04 bits per heavy atom. The number of pyridine rings is 1. The van der Waals surface area contributed by atoms with E-state index in [1.54, 1.807) is 12.1 Å². The van der Waals surface area contributed by atoms with Gasteiger partial charge in [0.25, 0.3) is 11.5 Å². The maximum absolute atomic E-state index is 12.4. The molecule has 0 spiro atoms. The number of hydrogen-bond acceptors (Lipinski definition) is 3. The highest BCUT2D eigenvalue weighted by atomic mass is 35.5. The zero-order chi connectivity index (χ0) is 19.9. The maximum atomic E-state index is 12.4. The summed E-state index contributed by atoms with van der Waals surface area (Å²) in [4.78, 5) is 24.3. The Bertz CT molecular complexity index is 973. The summed E-state index contributed by atoms with van der Waals surface area (Å²) in [6.07, 6.45) is -2.67. The van der Waals surface area contributed by atoms with Crippen LogP contribution in [0.2, 0.25) is 10.0 Å². The fourth-order valence-electron chi connectivity index (χ4n) is 3.09. The lowest BCUT2D eigenvalue weighted by Crippen LogP contribution is -2.31. The Labute approximate surface area is 161 Å². The van der Waals surface area contributed by atoms with Gasteiger partial charge < -0.3 is 15.0 Å². The molecule has 0 radical (unpaired) electrons. The second-order valence-electron chi connectivity index (χ2n) is 6.15. The summed E-state index contributed by atoms with van der Waals surface area (Å²) in [6, 6.07) is 3.79. The molecule has 0 aliphatic heterocycles. The average Bonchev–Trinajstić information content (AvgIpc) is 2.94. The van der Waals surface area contributed by atoms with Crippen molar-refractivity contribution in [3.8, 4) is 5.75 Å². The van der Waals surface area contributed by atoms with Gasteiger partial charge in [-0.1, -0.05) is 23.2 Å². The van der Waals surface area contributed by atoms with E-state index in [4.69, 9.17) is 23.2 Å². The first-order valence-corrected chi connectivity index (χ1v) is 8.60. The minimum atomic E-state index is -4.63. The first-order valence-electron chi connectivity index (χ1n) is 7.84. The van der Waals surface area contributed by atoms with E-state index in [1.807, 2.05) is 0 Å². The molecule has 1 aromatic carbocycles. The van der Waals surface area contributed by atoms with Crippen LogP contribution in [0.25, 0.3) is 0 Å². The third kappa shape index (κ3) is 4.06. The molecule has 1 amide bonds. The molecule has 10 heteroatoms. The molecule has 5 nitrogen and oxygen atoms in total. The molecule has 1 aliphatic carbocycles. The van der Waals surface area contributed by atoms with E-state index in [2.05, 4.69) is 5.32 Å². The number of alkyl halides is 3. The first-order chi connectivity index (χ1) is 12.6. The van der Waals surface area contributed by atoms with Crippen LogP contribution in [0.5, 0.6) is 5.75 Å². The van der Waals surface area contributed by atoms with E-state index < -0.39 is 41.5 Å². The number of carbonyl (C=O) groups excluding carboxylic acids is 1. The summed E-state index contributed by atoms with van der Waals surface area (Å²) in [5, 5.41) is 13.4. The van der Waals surface area contributed by atoms with Gasteiger partial charge in [-0.25, -0.2) is 0 Å². The minimum absolute atomic E-state index is 0.288. The molecule has 27 heavy (non-hydrogen) atoms. The fourth-order valence-corrected chi connectivity index (χ4v) is 3.70. The van der Waals surface area contributed by atoms with Gasteiger partial charge in [0.2, 0.25) is 0 Å². The zero-order valence-electron chi connectivity index (χ0n) is 13.6. The van der Waals surface area contributed by atoms with Crippen molar-refractivity contribution in [1.29, 1.82) is 0 Å². The summed E-state index contributed by atoms with van der Waals surface area (Å²) >= 11 is 12.1. The molecular weight excluding hydrogens is 408 g/mol. The molecule has 0 saturated carbocycles. The molecule has 2 N–H and O–H groups in total. The van der Waals surface area contributed by atoms with E-state index in [-0.39, 0.29) is 4.57 Å². The number of halogens is 5. The Morgan fingerprint density at radius 3 is 2.70 bits per heavy atom. The van der Waals surface area contributed by atoms with Gasteiger partial charge in [0.15, 0.2) is 5.75 Å². The Balaban J connectivity index is 1.85. The molecule has 0 fully saturated rings. The minimum Gasteiger partial charge on any atom is -0.502 e. The van der Waals surface area contributed by atoms with E-state index in [0.717, 1.165) is 23.4 Å². The van der Waals surface area contributed by atoms with Gasteiger partial charge in [0, 0.05) is 16.2 Å². The average molecular weight is 421 g/mol. The molecule has 144 valence electrons. The topological polar surface area (TPSA) is 71.3 Å². The van der Waals surface area contributed by atoms with Gasteiger partial charge in [-0.3, -0.25) is 9.59 Å². The first kappa shape index (κ1) is 19.6. The van der Waals surface area contributed by atoms with Crippen LogP contribution in [-0.2, 0) is 13.0 Å². The van der Waals surface area contributed by atoms with Gasteiger partial charge in [0.1, 0.15) is 6.54 Å². The number of nitrogens with one attached hydrogen (secondary N) is 1. The monoisotopic (exact) mass is 420 g/mol. The maximum Gasteiger partial charge on any atom is 0.406 e. The third-order valence-corrected chi connectivity index (χ3v) is 4.85. The number of benzene rings is 1.